The first-order chi connectivity index (χ1) is 12.0. The van der Waals surface area contributed by atoms with Gasteiger partial charge in [0.2, 0.25) is 0 Å². The van der Waals surface area contributed by atoms with E-state index in [9.17, 15) is 20.1 Å². The molecule has 1 aromatic carbocycles. The van der Waals surface area contributed by atoms with Gasteiger partial charge in [-0.2, -0.15) is 5.10 Å². The predicted molar refractivity (Wildman–Crippen MR) is 84.6 cm³/mol. The predicted octanol–water partition coefficient (Wildman–Crippen LogP) is -0.758. The summed E-state index contributed by atoms with van der Waals surface area (Å²) in [4.78, 5) is 11.6. The van der Waals surface area contributed by atoms with E-state index in [0.29, 0.717) is 0 Å². The minimum absolute atomic E-state index is 0.0474. The maximum atomic E-state index is 11.6. The minimum atomic E-state index is -1.33. The summed E-state index contributed by atoms with van der Waals surface area (Å²) in [7, 11) is 0. The molecule has 0 bridgehead atoms. The van der Waals surface area contributed by atoms with Gasteiger partial charge >= 0.3 is 0 Å². The molecule has 1 saturated heterocycles. The van der Waals surface area contributed by atoms with E-state index in [1.54, 1.807) is 0 Å². The van der Waals surface area contributed by atoms with E-state index in [-0.39, 0.29) is 23.7 Å². The van der Waals surface area contributed by atoms with Crippen molar-refractivity contribution >= 4 is 5.91 Å². The number of aliphatic hydroxyl groups is 3. The van der Waals surface area contributed by atoms with Gasteiger partial charge in [0.25, 0.3) is 5.91 Å². The standard InChI is InChI=1S/C16H19N3O6/c17-16(23)11-14(24-7-8-4-2-1-3-5-8)10(18-19-11)15-13(22)12(21)9(6-20)25-15/h1-5,9,12-13,15,20-22H,6-7H2,(H2,17,23)(H,18,19)/t9-,12-,13-,15+/m1/s1. The van der Waals surface area contributed by atoms with E-state index in [4.69, 9.17) is 15.2 Å². The van der Waals surface area contributed by atoms with E-state index in [1.165, 1.54) is 0 Å². The Morgan fingerprint density at radius 2 is 2.00 bits per heavy atom. The number of ether oxygens (including phenoxy) is 2. The van der Waals surface area contributed by atoms with Crippen molar-refractivity contribution in [1.82, 2.24) is 10.2 Å². The topological polar surface area (TPSA) is 151 Å². The second kappa shape index (κ2) is 7.19. The van der Waals surface area contributed by atoms with E-state index in [1.807, 2.05) is 30.3 Å². The third kappa shape index (κ3) is 3.35. The maximum absolute atomic E-state index is 11.6. The molecular weight excluding hydrogens is 330 g/mol. The van der Waals surface area contributed by atoms with Crippen LogP contribution in [-0.2, 0) is 11.3 Å². The number of carbonyl (C=O) groups excluding carboxylic acids is 1. The lowest BCUT2D eigenvalue weighted by Gasteiger charge is -2.15. The normalized spacial score (nSPS) is 25.9. The first-order valence-electron chi connectivity index (χ1n) is 7.70. The number of aromatic amines is 1. The molecule has 0 saturated carbocycles. The van der Waals surface area contributed by atoms with Gasteiger partial charge in [0.15, 0.2) is 11.4 Å². The van der Waals surface area contributed by atoms with E-state index >= 15 is 0 Å². The Labute approximate surface area is 143 Å². The molecule has 9 heteroatoms. The van der Waals surface area contributed by atoms with Crippen LogP contribution >= 0.6 is 0 Å². The maximum Gasteiger partial charge on any atom is 0.270 e. The van der Waals surface area contributed by atoms with Gasteiger partial charge in [-0.1, -0.05) is 30.3 Å². The molecule has 2 aromatic rings. The number of benzene rings is 1. The summed E-state index contributed by atoms with van der Waals surface area (Å²) >= 11 is 0. The van der Waals surface area contributed by atoms with Gasteiger partial charge in [-0.3, -0.25) is 9.89 Å². The summed E-state index contributed by atoms with van der Waals surface area (Å²) in [6.45, 7) is -0.329. The second-order valence-electron chi connectivity index (χ2n) is 5.71. The number of rotatable bonds is 6. The highest BCUT2D eigenvalue weighted by Gasteiger charge is 2.46. The summed E-state index contributed by atoms with van der Waals surface area (Å²) < 4.78 is 11.1. The molecule has 25 heavy (non-hydrogen) atoms. The number of aromatic nitrogens is 2. The van der Waals surface area contributed by atoms with Gasteiger partial charge in [-0.25, -0.2) is 0 Å². The highest BCUT2D eigenvalue weighted by Crippen LogP contribution is 2.38. The van der Waals surface area contributed by atoms with Crippen LogP contribution in [0, 0.1) is 0 Å². The lowest BCUT2D eigenvalue weighted by molar-refractivity contribution is -0.0247. The zero-order valence-corrected chi connectivity index (χ0v) is 13.2. The minimum Gasteiger partial charge on any atom is -0.484 e. The van der Waals surface area contributed by atoms with Crippen LogP contribution in [0.5, 0.6) is 5.75 Å². The monoisotopic (exact) mass is 349 g/mol. The summed E-state index contributed by atoms with van der Waals surface area (Å²) in [5.74, 6) is -0.736. The van der Waals surface area contributed by atoms with E-state index in [2.05, 4.69) is 10.2 Å². The summed E-state index contributed by atoms with van der Waals surface area (Å²) in [6, 6.07) is 9.24. The fraction of sp³-hybridized carbons (Fsp3) is 0.375. The third-order valence-corrected chi connectivity index (χ3v) is 4.03. The first kappa shape index (κ1) is 17.4. The van der Waals surface area contributed by atoms with Gasteiger partial charge in [0, 0.05) is 0 Å². The van der Waals surface area contributed by atoms with Crippen molar-refractivity contribution in [2.24, 2.45) is 5.73 Å². The van der Waals surface area contributed by atoms with Crippen molar-refractivity contribution in [1.29, 1.82) is 0 Å². The quantitative estimate of drug-likeness (QED) is 0.460. The fourth-order valence-electron chi connectivity index (χ4n) is 2.71. The van der Waals surface area contributed by atoms with Gasteiger partial charge in [-0.05, 0) is 5.56 Å². The Morgan fingerprint density at radius 3 is 2.60 bits per heavy atom. The highest BCUT2D eigenvalue weighted by molar-refractivity contribution is 5.93. The number of amides is 1. The molecule has 2 heterocycles. The molecular formula is C16H19N3O6. The van der Waals surface area contributed by atoms with Crippen LogP contribution in [0.2, 0.25) is 0 Å². The van der Waals surface area contributed by atoms with Gasteiger partial charge in [-0.15, -0.1) is 0 Å². The van der Waals surface area contributed by atoms with Crippen molar-refractivity contribution in [2.45, 2.75) is 31.0 Å². The van der Waals surface area contributed by atoms with E-state index in [0.717, 1.165) is 5.56 Å². The molecule has 4 atom stereocenters. The number of nitrogens with two attached hydrogens (primary N) is 1. The van der Waals surface area contributed by atoms with Crippen LogP contribution in [0.4, 0.5) is 0 Å². The number of nitrogens with one attached hydrogen (secondary N) is 1. The zero-order chi connectivity index (χ0) is 18.0. The average molecular weight is 349 g/mol. The molecule has 1 aromatic heterocycles. The Morgan fingerprint density at radius 1 is 1.28 bits per heavy atom. The third-order valence-electron chi connectivity index (χ3n) is 4.03. The molecule has 0 aliphatic carbocycles. The molecule has 134 valence electrons. The van der Waals surface area contributed by atoms with Gasteiger partial charge in [0.1, 0.15) is 36.7 Å². The molecule has 0 spiro atoms. The summed E-state index contributed by atoms with van der Waals surface area (Å²) in [5, 5.41) is 35.7. The highest BCUT2D eigenvalue weighted by atomic mass is 16.6. The SMILES string of the molecule is NC(=O)c1[nH]nc([C@@H]2O[C@H](CO)[C@@H](O)[C@H]2O)c1OCc1ccccc1. The van der Waals surface area contributed by atoms with Gasteiger partial charge < -0.3 is 30.5 Å². The van der Waals surface area contributed by atoms with Crippen molar-refractivity contribution in [3.05, 3.63) is 47.3 Å². The second-order valence-corrected chi connectivity index (χ2v) is 5.71. The van der Waals surface area contributed by atoms with Crippen LogP contribution in [0.3, 0.4) is 0 Å². The van der Waals surface area contributed by atoms with Crippen LogP contribution in [-0.4, -0.2) is 56.3 Å². The van der Waals surface area contributed by atoms with Crippen LogP contribution in [0.1, 0.15) is 27.8 Å². The number of H-pyrrole nitrogens is 1. The largest absolute Gasteiger partial charge is 0.484 e. The Balaban J connectivity index is 1.88. The molecule has 3 rings (SSSR count). The lowest BCUT2D eigenvalue weighted by Crippen LogP contribution is -2.32. The van der Waals surface area contributed by atoms with Crippen molar-refractivity contribution < 1.29 is 29.6 Å². The molecule has 9 nitrogen and oxygen atoms in total. The molecule has 0 unspecified atom stereocenters. The number of aliphatic hydroxyl groups excluding tert-OH is 3. The van der Waals surface area contributed by atoms with Crippen LogP contribution in [0.25, 0.3) is 0 Å². The van der Waals surface area contributed by atoms with Gasteiger partial charge in [0.05, 0.1) is 6.61 Å². The van der Waals surface area contributed by atoms with Crippen molar-refractivity contribution in [3.8, 4) is 5.75 Å². The smallest absolute Gasteiger partial charge is 0.270 e. The molecule has 1 aliphatic rings. The molecule has 1 fully saturated rings. The summed E-state index contributed by atoms with van der Waals surface area (Å²) in [5.41, 5.74) is 6.22. The Hall–Kier alpha value is -2.46. The first-order valence-corrected chi connectivity index (χ1v) is 7.70. The Bertz CT molecular complexity index is 735. The molecule has 6 N–H and O–H groups in total. The molecule has 1 aliphatic heterocycles. The molecule has 0 radical (unpaired) electrons. The number of nitrogens with zero attached hydrogens (tertiary/aromatic N) is 1. The number of primary amides is 1. The van der Waals surface area contributed by atoms with Crippen molar-refractivity contribution in [3.63, 3.8) is 0 Å². The number of hydrogen-bond acceptors (Lipinski definition) is 7. The average Bonchev–Trinajstić information content (AvgIpc) is 3.16. The lowest BCUT2D eigenvalue weighted by atomic mass is 10.1. The van der Waals surface area contributed by atoms with Crippen LogP contribution < -0.4 is 10.5 Å². The number of carbonyl (C=O) groups is 1. The van der Waals surface area contributed by atoms with Crippen LogP contribution in [0.15, 0.2) is 30.3 Å². The van der Waals surface area contributed by atoms with E-state index < -0.39 is 36.9 Å². The Kier molecular flexibility index (Phi) is 5.00. The fourth-order valence-corrected chi connectivity index (χ4v) is 2.71. The summed E-state index contributed by atoms with van der Waals surface area (Å²) in [6.07, 6.45) is -4.65. The molecule has 1 amide bonds. The van der Waals surface area contributed by atoms with Crippen molar-refractivity contribution in [2.75, 3.05) is 6.61 Å². The zero-order valence-electron chi connectivity index (χ0n) is 13.2. The number of hydrogen-bond donors (Lipinski definition) is 5.